The van der Waals surface area contributed by atoms with Gasteiger partial charge in [-0.15, -0.1) is 0 Å². The van der Waals surface area contributed by atoms with Gasteiger partial charge in [0.1, 0.15) is 11.3 Å². The molecule has 100 valence electrons. The molecule has 1 aliphatic heterocycles. The summed E-state index contributed by atoms with van der Waals surface area (Å²) in [7, 11) is -0.737. The van der Waals surface area contributed by atoms with Crippen LogP contribution in [-0.4, -0.2) is 23.3 Å². The summed E-state index contributed by atoms with van der Waals surface area (Å²) in [5, 5.41) is 0. The molecule has 2 aromatic rings. The summed E-state index contributed by atoms with van der Waals surface area (Å²) in [5.41, 5.74) is 0.341. The fourth-order valence-corrected chi connectivity index (χ4v) is 2.04. The van der Waals surface area contributed by atoms with Crippen molar-refractivity contribution in [2.24, 2.45) is 0 Å². The van der Waals surface area contributed by atoms with Crippen LogP contribution in [-0.2, 0) is 9.31 Å². The standard InChI is InChI=1S/C13H15BFNO3/c1-12(2)13(3,4)19-14(18-12)8-5-11-10(6-9(8)15)16-7-17-11/h5-7H,1-4H3. The van der Waals surface area contributed by atoms with Gasteiger partial charge in [-0.3, -0.25) is 0 Å². The van der Waals surface area contributed by atoms with Crippen molar-refractivity contribution in [1.29, 1.82) is 0 Å². The van der Waals surface area contributed by atoms with E-state index in [4.69, 9.17) is 13.7 Å². The third-order valence-corrected chi connectivity index (χ3v) is 3.96. The van der Waals surface area contributed by atoms with Gasteiger partial charge >= 0.3 is 7.12 Å². The van der Waals surface area contributed by atoms with E-state index in [0.717, 1.165) is 0 Å². The van der Waals surface area contributed by atoms with Crippen LogP contribution in [0.15, 0.2) is 22.9 Å². The molecule has 0 radical (unpaired) electrons. The van der Waals surface area contributed by atoms with Crippen LogP contribution in [0.25, 0.3) is 11.1 Å². The van der Waals surface area contributed by atoms with Crippen molar-refractivity contribution < 1.29 is 18.1 Å². The maximum atomic E-state index is 14.1. The Balaban J connectivity index is 2.04. The molecule has 19 heavy (non-hydrogen) atoms. The highest BCUT2D eigenvalue weighted by Crippen LogP contribution is 2.36. The molecule has 6 heteroatoms. The Bertz CT molecular complexity index is 622. The minimum Gasteiger partial charge on any atom is -0.443 e. The lowest BCUT2D eigenvalue weighted by Gasteiger charge is -2.32. The number of halogens is 1. The molecule has 0 amide bonds. The highest BCUT2D eigenvalue weighted by atomic mass is 19.1. The average Bonchev–Trinajstić information content (AvgIpc) is 2.80. The van der Waals surface area contributed by atoms with Crippen LogP contribution in [0, 0.1) is 5.82 Å². The molecule has 4 nitrogen and oxygen atoms in total. The van der Waals surface area contributed by atoms with E-state index in [0.29, 0.717) is 16.6 Å². The Labute approximate surface area is 111 Å². The molecule has 0 saturated carbocycles. The monoisotopic (exact) mass is 263 g/mol. The van der Waals surface area contributed by atoms with Crippen LogP contribution < -0.4 is 5.46 Å². The highest BCUT2D eigenvalue weighted by molar-refractivity contribution is 6.62. The number of fused-ring (bicyclic) bond motifs is 1. The molecule has 1 saturated heterocycles. The molecule has 2 heterocycles. The first-order valence-electron chi connectivity index (χ1n) is 6.18. The fourth-order valence-electron chi connectivity index (χ4n) is 2.04. The maximum Gasteiger partial charge on any atom is 0.497 e. The third-order valence-electron chi connectivity index (χ3n) is 3.96. The van der Waals surface area contributed by atoms with E-state index in [1.807, 2.05) is 27.7 Å². The van der Waals surface area contributed by atoms with Crippen LogP contribution in [0.5, 0.6) is 0 Å². The Morgan fingerprint density at radius 3 is 2.37 bits per heavy atom. The van der Waals surface area contributed by atoms with Crippen LogP contribution >= 0.6 is 0 Å². The first-order valence-corrected chi connectivity index (χ1v) is 6.18. The predicted octanol–water partition coefficient (Wildman–Crippen LogP) is 2.27. The van der Waals surface area contributed by atoms with E-state index in [-0.39, 0.29) is 0 Å². The topological polar surface area (TPSA) is 44.5 Å². The van der Waals surface area contributed by atoms with Gasteiger partial charge in [0.15, 0.2) is 12.0 Å². The lowest BCUT2D eigenvalue weighted by Crippen LogP contribution is -2.41. The van der Waals surface area contributed by atoms with Gasteiger partial charge in [0.05, 0.1) is 11.2 Å². The number of nitrogens with zero attached hydrogens (tertiary/aromatic N) is 1. The molecule has 1 aromatic carbocycles. The fraction of sp³-hybridized carbons (Fsp3) is 0.462. The van der Waals surface area contributed by atoms with E-state index >= 15 is 0 Å². The molecule has 0 atom stereocenters. The van der Waals surface area contributed by atoms with Crippen molar-refractivity contribution >= 4 is 23.7 Å². The third kappa shape index (κ3) is 1.86. The second kappa shape index (κ2) is 3.80. The average molecular weight is 263 g/mol. The van der Waals surface area contributed by atoms with E-state index in [2.05, 4.69) is 4.98 Å². The van der Waals surface area contributed by atoms with E-state index in [1.54, 1.807) is 6.07 Å². The van der Waals surface area contributed by atoms with Crippen molar-refractivity contribution in [3.63, 3.8) is 0 Å². The van der Waals surface area contributed by atoms with Crippen molar-refractivity contribution in [2.75, 3.05) is 0 Å². The number of hydrogen-bond acceptors (Lipinski definition) is 4. The minimum absolute atomic E-state index is 0.336. The number of aromatic nitrogens is 1. The van der Waals surface area contributed by atoms with Gasteiger partial charge in [-0.05, 0) is 33.8 Å². The normalized spacial score (nSPS) is 21.2. The summed E-state index contributed by atoms with van der Waals surface area (Å²) in [6.45, 7) is 7.71. The number of benzene rings is 1. The van der Waals surface area contributed by atoms with E-state index in [9.17, 15) is 4.39 Å². The first-order chi connectivity index (χ1) is 8.80. The van der Waals surface area contributed by atoms with Gasteiger partial charge < -0.3 is 13.7 Å². The molecule has 0 unspecified atom stereocenters. The molecule has 0 bridgehead atoms. The summed E-state index contributed by atoms with van der Waals surface area (Å²) < 4.78 is 31.0. The van der Waals surface area contributed by atoms with Gasteiger partial charge in [-0.2, -0.15) is 0 Å². The molecular weight excluding hydrogens is 248 g/mol. The van der Waals surface area contributed by atoms with Crippen LogP contribution in [0.3, 0.4) is 0 Å². The van der Waals surface area contributed by atoms with Gasteiger partial charge in [0.25, 0.3) is 0 Å². The lowest BCUT2D eigenvalue weighted by molar-refractivity contribution is 0.00578. The largest absolute Gasteiger partial charge is 0.497 e. The smallest absolute Gasteiger partial charge is 0.443 e. The van der Waals surface area contributed by atoms with Crippen LogP contribution in [0.2, 0.25) is 0 Å². The second-order valence-corrected chi connectivity index (χ2v) is 5.78. The molecule has 1 aromatic heterocycles. The molecular formula is C13H15BFNO3. The first kappa shape index (κ1) is 12.6. The molecule has 1 aliphatic rings. The maximum absolute atomic E-state index is 14.1. The summed E-state index contributed by atoms with van der Waals surface area (Å²) in [6, 6.07) is 2.92. The van der Waals surface area contributed by atoms with Crippen molar-refractivity contribution in [3.8, 4) is 0 Å². The minimum atomic E-state index is -0.737. The van der Waals surface area contributed by atoms with Crippen LogP contribution in [0.1, 0.15) is 27.7 Å². The van der Waals surface area contributed by atoms with E-state index in [1.165, 1.54) is 12.5 Å². The van der Waals surface area contributed by atoms with Crippen molar-refractivity contribution in [1.82, 2.24) is 4.98 Å². The zero-order valence-electron chi connectivity index (χ0n) is 11.4. The molecule has 0 aliphatic carbocycles. The number of oxazole rings is 1. The molecule has 0 spiro atoms. The molecule has 3 rings (SSSR count). The number of hydrogen-bond donors (Lipinski definition) is 0. The Kier molecular flexibility index (Phi) is 2.53. The van der Waals surface area contributed by atoms with Gasteiger partial charge in [-0.1, -0.05) is 0 Å². The Morgan fingerprint density at radius 1 is 1.11 bits per heavy atom. The zero-order chi connectivity index (χ0) is 13.8. The second-order valence-electron chi connectivity index (χ2n) is 5.78. The molecule has 0 N–H and O–H groups in total. The van der Waals surface area contributed by atoms with E-state index < -0.39 is 24.1 Å². The number of rotatable bonds is 1. The quantitative estimate of drug-likeness (QED) is 0.740. The van der Waals surface area contributed by atoms with Crippen molar-refractivity contribution in [3.05, 3.63) is 24.3 Å². The Morgan fingerprint density at radius 2 is 1.74 bits per heavy atom. The Hall–Kier alpha value is -1.40. The SMILES string of the molecule is CC1(C)OB(c2cc3ocnc3cc2F)OC1(C)C. The highest BCUT2D eigenvalue weighted by Gasteiger charge is 2.52. The summed E-state index contributed by atoms with van der Waals surface area (Å²) in [6.07, 6.45) is 1.29. The zero-order valence-corrected chi connectivity index (χ0v) is 11.4. The van der Waals surface area contributed by atoms with Gasteiger partial charge in [-0.25, -0.2) is 9.37 Å². The van der Waals surface area contributed by atoms with Crippen LogP contribution in [0.4, 0.5) is 4.39 Å². The van der Waals surface area contributed by atoms with Gasteiger partial charge in [0, 0.05) is 11.5 Å². The van der Waals surface area contributed by atoms with Gasteiger partial charge in [0.2, 0.25) is 0 Å². The van der Waals surface area contributed by atoms with Crippen molar-refractivity contribution in [2.45, 2.75) is 38.9 Å². The lowest BCUT2D eigenvalue weighted by atomic mass is 9.78. The summed E-state index contributed by atoms with van der Waals surface area (Å²) in [4.78, 5) is 3.92. The molecule has 1 fully saturated rings. The summed E-state index contributed by atoms with van der Waals surface area (Å²) in [5.74, 6) is -0.403. The predicted molar refractivity (Wildman–Crippen MR) is 69.7 cm³/mol. The summed E-state index contributed by atoms with van der Waals surface area (Å²) >= 11 is 0.